The molecule has 0 bridgehead atoms. The van der Waals surface area contributed by atoms with Crippen molar-refractivity contribution < 1.29 is 14.3 Å². The van der Waals surface area contributed by atoms with Crippen molar-refractivity contribution in [1.82, 2.24) is 20.0 Å². The lowest BCUT2D eigenvalue weighted by molar-refractivity contribution is -0.128. The molecular weight excluding hydrogens is 432 g/mol. The number of nitrogens with one attached hydrogen (secondary N) is 1. The molecule has 0 aliphatic heterocycles. The summed E-state index contributed by atoms with van der Waals surface area (Å²) >= 11 is 6.21. The van der Waals surface area contributed by atoms with Crippen LogP contribution in [0.5, 0.6) is 5.75 Å². The standard InChI is InChI=1S/C23H25ClN4O4/c1-4-5-12-27(2)20(29)14-25-22(30)21-16-8-6-7-9-17(16)23(31)28(26-21)15-10-11-19(32-3)18(24)13-15/h6-11,13H,4-5,12,14H2,1-3H3,(H,25,30). The van der Waals surface area contributed by atoms with E-state index in [9.17, 15) is 14.4 Å². The molecule has 0 saturated carbocycles. The third kappa shape index (κ3) is 4.91. The highest BCUT2D eigenvalue weighted by atomic mass is 35.5. The van der Waals surface area contributed by atoms with E-state index < -0.39 is 11.5 Å². The van der Waals surface area contributed by atoms with E-state index in [1.807, 2.05) is 6.92 Å². The lowest BCUT2D eigenvalue weighted by Gasteiger charge is -2.17. The molecule has 2 amide bonds. The Kier molecular flexibility index (Phi) is 7.48. The number of ether oxygens (including phenoxy) is 1. The van der Waals surface area contributed by atoms with Gasteiger partial charge in [0.2, 0.25) is 5.91 Å². The number of likely N-dealkylation sites (N-methyl/N-ethyl adjacent to an activating group) is 1. The molecule has 1 heterocycles. The van der Waals surface area contributed by atoms with E-state index in [0.717, 1.165) is 17.5 Å². The minimum atomic E-state index is -0.549. The molecule has 1 N–H and O–H groups in total. The van der Waals surface area contributed by atoms with Crippen molar-refractivity contribution in [1.29, 1.82) is 0 Å². The number of fused-ring (bicyclic) bond motifs is 1. The molecule has 0 unspecified atom stereocenters. The number of aromatic nitrogens is 2. The van der Waals surface area contributed by atoms with Gasteiger partial charge in [-0.25, -0.2) is 0 Å². The van der Waals surface area contributed by atoms with E-state index in [1.165, 1.54) is 13.2 Å². The molecule has 0 spiro atoms. The zero-order valence-electron chi connectivity index (χ0n) is 18.2. The second kappa shape index (κ2) is 10.3. The highest BCUT2D eigenvalue weighted by molar-refractivity contribution is 6.32. The number of benzene rings is 2. The maximum absolute atomic E-state index is 13.1. The van der Waals surface area contributed by atoms with E-state index in [0.29, 0.717) is 33.8 Å². The van der Waals surface area contributed by atoms with Gasteiger partial charge in [-0.2, -0.15) is 9.78 Å². The number of hydrogen-bond donors (Lipinski definition) is 1. The predicted octanol–water partition coefficient (Wildman–Crippen LogP) is 3.04. The van der Waals surface area contributed by atoms with Crippen LogP contribution >= 0.6 is 11.6 Å². The first-order valence-corrected chi connectivity index (χ1v) is 10.6. The summed E-state index contributed by atoms with van der Waals surface area (Å²) in [5.41, 5.74) is 0.0286. The second-order valence-corrected chi connectivity index (χ2v) is 7.69. The van der Waals surface area contributed by atoms with E-state index >= 15 is 0 Å². The Balaban J connectivity index is 1.97. The SMILES string of the molecule is CCCCN(C)C(=O)CNC(=O)c1nn(-c2ccc(OC)c(Cl)c2)c(=O)c2ccccc12. The van der Waals surface area contributed by atoms with Crippen molar-refractivity contribution in [2.24, 2.45) is 0 Å². The molecule has 1 aromatic heterocycles. The highest BCUT2D eigenvalue weighted by Crippen LogP contribution is 2.26. The Morgan fingerprint density at radius 3 is 2.56 bits per heavy atom. The number of amides is 2. The largest absolute Gasteiger partial charge is 0.495 e. The molecule has 2 aromatic carbocycles. The van der Waals surface area contributed by atoms with Gasteiger partial charge in [0.15, 0.2) is 5.69 Å². The minimum absolute atomic E-state index is 0.0381. The maximum atomic E-state index is 13.1. The topological polar surface area (TPSA) is 93.5 Å². The summed E-state index contributed by atoms with van der Waals surface area (Å²) in [4.78, 5) is 39.9. The van der Waals surface area contributed by atoms with Gasteiger partial charge in [0.1, 0.15) is 5.75 Å². The number of hydrogen-bond acceptors (Lipinski definition) is 5. The lowest BCUT2D eigenvalue weighted by atomic mass is 10.1. The number of unbranched alkanes of at least 4 members (excludes halogenated alkanes) is 1. The van der Waals surface area contributed by atoms with Gasteiger partial charge >= 0.3 is 0 Å². The van der Waals surface area contributed by atoms with Crippen molar-refractivity contribution in [3.05, 3.63) is 63.5 Å². The van der Waals surface area contributed by atoms with Crippen LogP contribution < -0.4 is 15.6 Å². The van der Waals surface area contributed by atoms with Gasteiger partial charge < -0.3 is 15.0 Å². The summed E-state index contributed by atoms with van der Waals surface area (Å²) in [5.74, 6) is -0.300. The molecular formula is C23H25ClN4O4. The quantitative estimate of drug-likeness (QED) is 0.562. The van der Waals surface area contributed by atoms with Gasteiger partial charge in [-0.3, -0.25) is 14.4 Å². The average molecular weight is 457 g/mol. The van der Waals surface area contributed by atoms with E-state index in [-0.39, 0.29) is 18.1 Å². The summed E-state index contributed by atoms with van der Waals surface area (Å²) < 4.78 is 6.28. The summed E-state index contributed by atoms with van der Waals surface area (Å²) in [6.45, 7) is 2.50. The van der Waals surface area contributed by atoms with E-state index in [4.69, 9.17) is 16.3 Å². The minimum Gasteiger partial charge on any atom is -0.495 e. The van der Waals surface area contributed by atoms with Crippen LogP contribution in [-0.4, -0.2) is 53.7 Å². The van der Waals surface area contributed by atoms with Crippen LogP contribution in [0, 0.1) is 0 Å². The van der Waals surface area contributed by atoms with E-state index in [2.05, 4.69) is 10.4 Å². The predicted molar refractivity (Wildman–Crippen MR) is 124 cm³/mol. The van der Waals surface area contributed by atoms with Gasteiger partial charge in [-0.15, -0.1) is 0 Å². The van der Waals surface area contributed by atoms with Crippen LogP contribution in [0.1, 0.15) is 30.3 Å². The first kappa shape index (κ1) is 23.3. The Labute approximate surface area is 190 Å². The number of nitrogens with zero attached hydrogens (tertiary/aromatic N) is 3. The van der Waals surface area contributed by atoms with Crippen molar-refractivity contribution in [2.45, 2.75) is 19.8 Å². The molecule has 168 valence electrons. The van der Waals surface area contributed by atoms with Gasteiger partial charge in [-0.05, 0) is 30.7 Å². The van der Waals surface area contributed by atoms with Crippen LogP contribution in [0.2, 0.25) is 5.02 Å². The summed E-state index contributed by atoms with van der Waals surface area (Å²) in [7, 11) is 3.19. The van der Waals surface area contributed by atoms with Gasteiger partial charge in [-0.1, -0.05) is 43.1 Å². The summed E-state index contributed by atoms with van der Waals surface area (Å²) in [5, 5.41) is 7.96. The Morgan fingerprint density at radius 2 is 1.91 bits per heavy atom. The molecule has 0 saturated heterocycles. The first-order chi connectivity index (χ1) is 15.4. The fraction of sp³-hybridized carbons (Fsp3) is 0.304. The van der Waals surface area contributed by atoms with Crippen molar-refractivity contribution in [3.63, 3.8) is 0 Å². The number of carbonyl (C=O) groups excluding carboxylic acids is 2. The normalized spacial score (nSPS) is 10.8. The fourth-order valence-electron chi connectivity index (χ4n) is 3.21. The molecule has 0 atom stereocenters. The zero-order chi connectivity index (χ0) is 23.3. The number of rotatable bonds is 8. The van der Waals surface area contributed by atoms with Crippen molar-refractivity contribution in [2.75, 3.05) is 27.2 Å². The molecule has 0 fully saturated rings. The maximum Gasteiger partial charge on any atom is 0.279 e. The molecule has 8 nitrogen and oxygen atoms in total. The van der Waals surface area contributed by atoms with Gasteiger partial charge in [0.25, 0.3) is 11.5 Å². The highest BCUT2D eigenvalue weighted by Gasteiger charge is 2.19. The van der Waals surface area contributed by atoms with Crippen molar-refractivity contribution in [3.8, 4) is 11.4 Å². The number of carbonyl (C=O) groups is 2. The Bertz CT molecular complexity index is 1210. The second-order valence-electron chi connectivity index (χ2n) is 7.28. The van der Waals surface area contributed by atoms with Crippen LogP contribution in [0.4, 0.5) is 0 Å². The summed E-state index contributed by atoms with van der Waals surface area (Å²) in [6.07, 6.45) is 1.86. The van der Waals surface area contributed by atoms with Gasteiger partial charge in [0, 0.05) is 19.0 Å². The van der Waals surface area contributed by atoms with Crippen LogP contribution in [0.15, 0.2) is 47.3 Å². The molecule has 32 heavy (non-hydrogen) atoms. The molecule has 0 aliphatic rings. The van der Waals surface area contributed by atoms with E-state index in [1.54, 1.807) is 48.3 Å². The molecule has 9 heteroatoms. The fourth-order valence-corrected chi connectivity index (χ4v) is 3.47. The third-order valence-electron chi connectivity index (χ3n) is 5.07. The molecule has 0 radical (unpaired) electrons. The van der Waals surface area contributed by atoms with Crippen LogP contribution in [0.25, 0.3) is 16.5 Å². The summed E-state index contributed by atoms with van der Waals surface area (Å²) in [6, 6.07) is 11.5. The van der Waals surface area contributed by atoms with Crippen LogP contribution in [0.3, 0.4) is 0 Å². The Morgan fingerprint density at radius 1 is 1.19 bits per heavy atom. The molecule has 3 rings (SSSR count). The van der Waals surface area contributed by atoms with Crippen molar-refractivity contribution >= 4 is 34.2 Å². The molecule has 3 aromatic rings. The first-order valence-electron chi connectivity index (χ1n) is 10.3. The zero-order valence-corrected chi connectivity index (χ0v) is 19.0. The molecule has 0 aliphatic carbocycles. The third-order valence-corrected chi connectivity index (χ3v) is 5.37. The number of methoxy groups -OCH3 is 1. The monoisotopic (exact) mass is 456 g/mol. The van der Waals surface area contributed by atoms with Crippen LogP contribution in [-0.2, 0) is 4.79 Å². The Hall–Kier alpha value is -3.39. The average Bonchev–Trinajstić information content (AvgIpc) is 2.81. The smallest absolute Gasteiger partial charge is 0.279 e. The van der Waals surface area contributed by atoms with Gasteiger partial charge in [0.05, 0.1) is 29.8 Å². The lowest BCUT2D eigenvalue weighted by Crippen LogP contribution is -2.39. The number of halogens is 1.